The first-order valence-corrected chi connectivity index (χ1v) is 7.81. The minimum Gasteiger partial charge on any atom is -0.389 e. The van der Waals surface area contributed by atoms with Crippen LogP contribution < -0.4 is 5.73 Å². The Balaban J connectivity index is 3.23. The predicted octanol–water partition coefficient (Wildman–Crippen LogP) is 2.20. The Bertz CT molecular complexity index is 642. The summed E-state index contributed by atoms with van der Waals surface area (Å²) in [6.07, 6.45) is -4.60. The Hall–Kier alpha value is -1.19. The van der Waals surface area contributed by atoms with Crippen LogP contribution in [0.3, 0.4) is 0 Å². The van der Waals surface area contributed by atoms with E-state index in [4.69, 9.17) is 18.0 Å². The largest absolute Gasteiger partial charge is 0.402 e. The first-order chi connectivity index (χ1) is 9.49. The predicted molar refractivity (Wildman–Crippen MR) is 77.6 cm³/mol. The Labute approximate surface area is 126 Å². The van der Waals surface area contributed by atoms with Crippen molar-refractivity contribution in [2.45, 2.75) is 24.9 Å². The topological polar surface area (TPSA) is 63.4 Å². The van der Waals surface area contributed by atoms with Gasteiger partial charge in [0.15, 0.2) is 0 Å². The number of benzene rings is 1. The maximum absolute atomic E-state index is 12.4. The van der Waals surface area contributed by atoms with Crippen molar-refractivity contribution in [3.8, 4) is 0 Å². The third-order valence-electron chi connectivity index (χ3n) is 2.81. The number of alkyl halides is 3. The summed E-state index contributed by atoms with van der Waals surface area (Å²) in [6.45, 7) is 1.13. The number of nitrogens with zero attached hydrogens (tertiary/aromatic N) is 1. The molecule has 0 aliphatic rings. The average molecular weight is 340 g/mol. The molecular formula is C12H15F3N2O2S2. The summed E-state index contributed by atoms with van der Waals surface area (Å²) in [5, 5.41) is 0. The van der Waals surface area contributed by atoms with Crippen LogP contribution in [0.25, 0.3) is 0 Å². The number of hydrogen-bond donors (Lipinski definition) is 1. The minimum atomic E-state index is -4.60. The highest BCUT2D eigenvalue weighted by molar-refractivity contribution is 7.89. The molecule has 1 aromatic rings. The van der Waals surface area contributed by atoms with Gasteiger partial charge in [-0.2, -0.15) is 17.5 Å². The van der Waals surface area contributed by atoms with Gasteiger partial charge in [0, 0.05) is 12.1 Å². The Morgan fingerprint density at radius 2 is 1.95 bits per heavy atom. The van der Waals surface area contributed by atoms with Gasteiger partial charge in [0.25, 0.3) is 0 Å². The van der Waals surface area contributed by atoms with E-state index in [0.717, 1.165) is 0 Å². The van der Waals surface area contributed by atoms with E-state index < -0.39 is 22.7 Å². The number of hydrogen-bond acceptors (Lipinski definition) is 3. The Morgan fingerprint density at radius 3 is 2.33 bits per heavy atom. The summed E-state index contributed by atoms with van der Waals surface area (Å²) in [6, 6.07) is 3.87. The van der Waals surface area contributed by atoms with Gasteiger partial charge in [0.05, 0.1) is 4.90 Å². The number of nitrogens with two attached hydrogens (primary N) is 1. The van der Waals surface area contributed by atoms with Crippen LogP contribution >= 0.6 is 12.2 Å². The fourth-order valence-corrected chi connectivity index (χ4v) is 3.54. The molecule has 0 saturated heterocycles. The van der Waals surface area contributed by atoms with Gasteiger partial charge >= 0.3 is 6.18 Å². The summed E-state index contributed by atoms with van der Waals surface area (Å²) in [5.41, 5.74) is 6.45. The SMILES string of the molecule is CCN(CC(F)(F)F)S(=O)(=O)c1ccc(C(N)=S)c(C)c1. The Kier molecular flexibility index (Phi) is 5.35. The molecule has 0 bridgehead atoms. The van der Waals surface area contributed by atoms with E-state index in [1.165, 1.54) is 25.1 Å². The van der Waals surface area contributed by atoms with E-state index >= 15 is 0 Å². The molecule has 0 fully saturated rings. The molecule has 0 unspecified atom stereocenters. The van der Waals surface area contributed by atoms with Crippen molar-refractivity contribution in [2.24, 2.45) is 5.73 Å². The lowest BCUT2D eigenvalue weighted by Crippen LogP contribution is -2.38. The van der Waals surface area contributed by atoms with Crippen LogP contribution in [0.2, 0.25) is 0 Å². The summed E-state index contributed by atoms with van der Waals surface area (Å²) >= 11 is 4.80. The highest BCUT2D eigenvalue weighted by atomic mass is 32.2. The van der Waals surface area contributed by atoms with Gasteiger partial charge < -0.3 is 5.73 Å². The molecule has 1 aromatic carbocycles. The van der Waals surface area contributed by atoms with Gasteiger partial charge in [-0.3, -0.25) is 0 Å². The summed E-state index contributed by atoms with van der Waals surface area (Å²) in [5.74, 6) is 0. The smallest absolute Gasteiger partial charge is 0.389 e. The van der Waals surface area contributed by atoms with Gasteiger partial charge in [0.2, 0.25) is 10.0 Å². The fourth-order valence-electron chi connectivity index (χ4n) is 1.79. The first kappa shape index (κ1) is 17.9. The normalized spacial score (nSPS) is 12.7. The fraction of sp³-hybridized carbons (Fsp3) is 0.417. The lowest BCUT2D eigenvalue weighted by atomic mass is 10.1. The van der Waals surface area contributed by atoms with Crippen LogP contribution in [-0.4, -0.2) is 37.0 Å². The van der Waals surface area contributed by atoms with Gasteiger partial charge in [0.1, 0.15) is 11.5 Å². The van der Waals surface area contributed by atoms with E-state index in [-0.39, 0.29) is 16.4 Å². The highest BCUT2D eigenvalue weighted by Crippen LogP contribution is 2.24. The molecule has 0 amide bonds. The van der Waals surface area contributed by atoms with E-state index in [0.29, 0.717) is 15.4 Å². The standard InChI is InChI=1S/C12H15F3N2O2S2/c1-3-17(7-12(13,14)15)21(18,19)9-4-5-10(11(16)20)8(2)6-9/h4-6H,3,7H2,1-2H3,(H2,16,20). The maximum atomic E-state index is 12.4. The van der Waals surface area contributed by atoms with Crippen LogP contribution in [-0.2, 0) is 10.0 Å². The minimum absolute atomic E-state index is 0.0964. The van der Waals surface area contributed by atoms with Gasteiger partial charge in [-0.1, -0.05) is 25.2 Å². The zero-order chi connectivity index (χ0) is 16.4. The van der Waals surface area contributed by atoms with Crippen molar-refractivity contribution in [1.29, 1.82) is 0 Å². The van der Waals surface area contributed by atoms with E-state index in [1.54, 1.807) is 6.92 Å². The molecule has 0 atom stereocenters. The lowest BCUT2D eigenvalue weighted by Gasteiger charge is -2.22. The highest BCUT2D eigenvalue weighted by Gasteiger charge is 2.36. The summed E-state index contributed by atoms with van der Waals surface area (Å²) in [7, 11) is -4.22. The number of aryl methyl sites for hydroxylation is 1. The second-order valence-corrected chi connectivity index (χ2v) is 6.77. The molecule has 2 N–H and O–H groups in total. The van der Waals surface area contributed by atoms with Crippen LogP contribution in [0.4, 0.5) is 13.2 Å². The third kappa shape index (κ3) is 4.39. The van der Waals surface area contributed by atoms with Crippen LogP contribution in [0, 0.1) is 6.92 Å². The van der Waals surface area contributed by atoms with Crippen molar-refractivity contribution < 1.29 is 21.6 Å². The molecule has 21 heavy (non-hydrogen) atoms. The molecular weight excluding hydrogens is 325 g/mol. The molecule has 4 nitrogen and oxygen atoms in total. The van der Waals surface area contributed by atoms with Crippen molar-refractivity contribution in [3.05, 3.63) is 29.3 Å². The van der Waals surface area contributed by atoms with Crippen molar-refractivity contribution >= 4 is 27.2 Å². The quantitative estimate of drug-likeness (QED) is 0.835. The summed E-state index contributed by atoms with van der Waals surface area (Å²) < 4.78 is 62.2. The first-order valence-electron chi connectivity index (χ1n) is 5.96. The summed E-state index contributed by atoms with van der Waals surface area (Å²) in [4.78, 5) is -0.120. The molecule has 118 valence electrons. The number of sulfonamides is 1. The number of halogens is 3. The van der Waals surface area contributed by atoms with Crippen LogP contribution in [0.15, 0.2) is 23.1 Å². The lowest BCUT2D eigenvalue weighted by molar-refractivity contribution is -0.135. The zero-order valence-corrected chi connectivity index (χ0v) is 13.1. The van der Waals surface area contributed by atoms with E-state index in [9.17, 15) is 21.6 Å². The monoisotopic (exact) mass is 340 g/mol. The van der Waals surface area contributed by atoms with Crippen molar-refractivity contribution in [1.82, 2.24) is 4.31 Å². The second-order valence-electron chi connectivity index (χ2n) is 4.39. The maximum Gasteiger partial charge on any atom is 0.402 e. The third-order valence-corrected chi connectivity index (χ3v) is 4.95. The van der Waals surface area contributed by atoms with Crippen molar-refractivity contribution in [2.75, 3.05) is 13.1 Å². The van der Waals surface area contributed by atoms with Gasteiger partial charge in [-0.25, -0.2) is 8.42 Å². The molecule has 0 radical (unpaired) electrons. The Morgan fingerprint density at radius 1 is 1.38 bits per heavy atom. The van der Waals surface area contributed by atoms with Crippen LogP contribution in [0.5, 0.6) is 0 Å². The van der Waals surface area contributed by atoms with Crippen LogP contribution in [0.1, 0.15) is 18.1 Å². The zero-order valence-electron chi connectivity index (χ0n) is 11.4. The number of rotatable bonds is 5. The molecule has 9 heteroatoms. The molecule has 0 aliphatic heterocycles. The number of thiocarbonyl (C=S) groups is 1. The molecule has 0 heterocycles. The van der Waals surface area contributed by atoms with Crippen molar-refractivity contribution in [3.63, 3.8) is 0 Å². The average Bonchev–Trinajstić information content (AvgIpc) is 2.34. The molecule has 0 aromatic heterocycles. The molecule has 0 aliphatic carbocycles. The van der Waals surface area contributed by atoms with Gasteiger partial charge in [-0.15, -0.1) is 0 Å². The van der Waals surface area contributed by atoms with E-state index in [1.807, 2.05) is 0 Å². The molecule has 0 spiro atoms. The molecule has 0 saturated carbocycles. The van der Waals surface area contributed by atoms with E-state index in [2.05, 4.69) is 0 Å². The van der Waals surface area contributed by atoms with Gasteiger partial charge in [-0.05, 0) is 24.6 Å². The second kappa shape index (κ2) is 6.29. The molecule has 1 rings (SSSR count).